The number of hydrazine groups is 1. The Labute approximate surface area is 86.1 Å². The molecule has 1 atom stereocenters. The minimum Gasteiger partial charge on any atom is -0.309 e. The normalized spacial score (nSPS) is 20.2. The third kappa shape index (κ3) is 2.48. The van der Waals surface area contributed by atoms with Crippen molar-refractivity contribution in [2.45, 2.75) is 12.5 Å². The molecule has 0 bridgehead atoms. The summed E-state index contributed by atoms with van der Waals surface area (Å²) in [6.07, 6.45) is 1.79. The lowest BCUT2D eigenvalue weighted by atomic mass is 10.2. The van der Waals surface area contributed by atoms with Crippen LogP contribution in [-0.4, -0.2) is 23.5 Å². The van der Waals surface area contributed by atoms with E-state index in [2.05, 4.69) is 21.2 Å². The molecule has 15 heavy (non-hydrogen) atoms. The summed E-state index contributed by atoms with van der Waals surface area (Å²) in [5, 5.41) is 2.59. The van der Waals surface area contributed by atoms with Gasteiger partial charge in [-0.15, -0.1) is 0 Å². The highest BCUT2D eigenvalue weighted by Crippen LogP contribution is 2.05. The maximum absolute atomic E-state index is 12.5. The molecule has 0 spiro atoms. The van der Waals surface area contributed by atoms with Crippen LogP contribution in [0.5, 0.6) is 0 Å². The second kappa shape index (κ2) is 4.33. The summed E-state index contributed by atoms with van der Waals surface area (Å²) < 4.78 is 12.5. The van der Waals surface area contributed by atoms with Gasteiger partial charge in [0.2, 0.25) is 5.91 Å². The molecule has 2 rings (SSSR count). The van der Waals surface area contributed by atoms with E-state index in [4.69, 9.17) is 0 Å². The van der Waals surface area contributed by atoms with Crippen LogP contribution in [0.4, 0.5) is 10.2 Å². The van der Waals surface area contributed by atoms with Gasteiger partial charge in [-0.25, -0.2) is 14.8 Å². The fraction of sp³-hybridized carbons (Fsp3) is 0.333. The van der Waals surface area contributed by atoms with Crippen LogP contribution in [0.15, 0.2) is 18.3 Å². The van der Waals surface area contributed by atoms with Gasteiger partial charge in [-0.3, -0.25) is 10.2 Å². The van der Waals surface area contributed by atoms with Crippen molar-refractivity contribution in [3.63, 3.8) is 0 Å². The summed E-state index contributed by atoms with van der Waals surface area (Å²) in [6, 6.07) is 2.43. The number of anilines is 1. The van der Waals surface area contributed by atoms with Gasteiger partial charge < -0.3 is 5.32 Å². The van der Waals surface area contributed by atoms with Gasteiger partial charge in [0, 0.05) is 6.54 Å². The lowest BCUT2D eigenvalue weighted by Crippen LogP contribution is -2.39. The van der Waals surface area contributed by atoms with E-state index in [0.29, 0.717) is 5.82 Å². The molecule has 1 aromatic rings. The monoisotopic (exact) mass is 210 g/mol. The first-order valence-electron chi connectivity index (χ1n) is 4.66. The minimum absolute atomic E-state index is 0.167. The van der Waals surface area contributed by atoms with Crippen LogP contribution in [0.3, 0.4) is 0 Å². The Morgan fingerprint density at radius 2 is 2.47 bits per heavy atom. The Morgan fingerprint density at radius 1 is 1.60 bits per heavy atom. The molecule has 0 saturated carbocycles. The van der Waals surface area contributed by atoms with Crippen LogP contribution in [0.25, 0.3) is 0 Å². The number of hydrogen-bond acceptors (Lipinski definition) is 4. The van der Waals surface area contributed by atoms with Crippen LogP contribution in [0.2, 0.25) is 0 Å². The number of carbonyl (C=O) groups is 1. The standard InChI is InChI=1S/C9H11FN4O/c10-6-1-2-8(11-5-6)13-9(15)7-3-4-12-14-7/h1-2,5,7,12,14H,3-4H2,(H,11,13,15). The number of nitrogens with zero attached hydrogens (tertiary/aromatic N) is 1. The predicted octanol–water partition coefficient (Wildman–Crippen LogP) is 0.0257. The van der Waals surface area contributed by atoms with Gasteiger partial charge in [0.15, 0.2) is 0 Å². The van der Waals surface area contributed by atoms with Crippen LogP contribution in [0.1, 0.15) is 6.42 Å². The van der Waals surface area contributed by atoms with Crippen LogP contribution in [-0.2, 0) is 4.79 Å². The van der Waals surface area contributed by atoms with E-state index >= 15 is 0 Å². The zero-order valence-electron chi connectivity index (χ0n) is 7.96. The fourth-order valence-electron chi connectivity index (χ4n) is 1.34. The van der Waals surface area contributed by atoms with Gasteiger partial charge in [-0.1, -0.05) is 0 Å². The first-order valence-corrected chi connectivity index (χ1v) is 4.66. The van der Waals surface area contributed by atoms with Crippen molar-refractivity contribution in [1.82, 2.24) is 15.8 Å². The Balaban J connectivity index is 1.96. The molecule has 1 aliphatic heterocycles. The van der Waals surface area contributed by atoms with Gasteiger partial charge in [-0.2, -0.15) is 0 Å². The summed E-state index contributed by atoms with van der Waals surface area (Å²) in [6.45, 7) is 0.759. The molecular formula is C9H11FN4O. The maximum atomic E-state index is 12.5. The van der Waals surface area contributed by atoms with Gasteiger partial charge in [0.25, 0.3) is 0 Å². The first kappa shape index (κ1) is 10.0. The van der Waals surface area contributed by atoms with Crippen LogP contribution in [0, 0.1) is 5.82 Å². The minimum atomic E-state index is -0.423. The van der Waals surface area contributed by atoms with Crippen LogP contribution >= 0.6 is 0 Å². The third-order valence-corrected chi connectivity index (χ3v) is 2.13. The number of halogens is 1. The maximum Gasteiger partial charge on any atom is 0.244 e. The van der Waals surface area contributed by atoms with Crippen molar-refractivity contribution in [3.05, 3.63) is 24.1 Å². The van der Waals surface area contributed by atoms with E-state index in [1.165, 1.54) is 12.1 Å². The van der Waals surface area contributed by atoms with Crippen molar-refractivity contribution >= 4 is 11.7 Å². The molecular weight excluding hydrogens is 199 g/mol. The molecule has 3 N–H and O–H groups in total. The Bertz CT molecular complexity index is 348. The van der Waals surface area contributed by atoms with Crippen molar-refractivity contribution in [3.8, 4) is 0 Å². The van der Waals surface area contributed by atoms with E-state index in [0.717, 1.165) is 19.2 Å². The van der Waals surface area contributed by atoms with Crippen molar-refractivity contribution in [1.29, 1.82) is 0 Å². The summed E-state index contributed by atoms with van der Waals surface area (Å²) in [5.41, 5.74) is 5.68. The summed E-state index contributed by atoms with van der Waals surface area (Å²) >= 11 is 0. The highest BCUT2D eigenvalue weighted by molar-refractivity contribution is 5.94. The quantitative estimate of drug-likeness (QED) is 0.644. The van der Waals surface area contributed by atoms with Gasteiger partial charge in [0.05, 0.1) is 6.20 Å². The smallest absolute Gasteiger partial charge is 0.244 e. The molecule has 0 radical (unpaired) electrons. The van der Waals surface area contributed by atoms with Crippen molar-refractivity contribution in [2.24, 2.45) is 0 Å². The van der Waals surface area contributed by atoms with E-state index < -0.39 is 5.82 Å². The Hall–Kier alpha value is -1.53. The lowest BCUT2D eigenvalue weighted by molar-refractivity contribution is -0.117. The largest absolute Gasteiger partial charge is 0.309 e. The van der Waals surface area contributed by atoms with Gasteiger partial charge in [0.1, 0.15) is 17.7 Å². The average Bonchev–Trinajstić information content (AvgIpc) is 2.74. The second-order valence-corrected chi connectivity index (χ2v) is 3.26. The second-order valence-electron chi connectivity index (χ2n) is 3.26. The summed E-state index contributed by atoms with van der Waals surface area (Å²) in [4.78, 5) is 15.3. The molecule has 0 aliphatic carbocycles. The molecule has 0 aromatic carbocycles. The molecule has 1 amide bonds. The number of pyridine rings is 1. The third-order valence-electron chi connectivity index (χ3n) is 2.13. The van der Waals surface area contributed by atoms with E-state index in [-0.39, 0.29) is 11.9 Å². The number of hydrogen-bond donors (Lipinski definition) is 3. The molecule has 5 nitrogen and oxygen atoms in total. The molecule has 80 valence electrons. The molecule has 1 unspecified atom stereocenters. The van der Waals surface area contributed by atoms with E-state index in [9.17, 15) is 9.18 Å². The van der Waals surface area contributed by atoms with Crippen molar-refractivity contribution in [2.75, 3.05) is 11.9 Å². The summed E-state index contributed by atoms with van der Waals surface area (Å²) in [5.74, 6) is -0.233. The first-order chi connectivity index (χ1) is 7.25. The highest BCUT2D eigenvalue weighted by atomic mass is 19.1. The average molecular weight is 210 g/mol. The SMILES string of the molecule is O=C(Nc1ccc(F)cn1)C1CCNN1. The lowest BCUT2D eigenvalue weighted by Gasteiger charge is -2.09. The number of nitrogens with one attached hydrogen (secondary N) is 3. The van der Waals surface area contributed by atoms with Gasteiger partial charge in [-0.05, 0) is 18.6 Å². The van der Waals surface area contributed by atoms with Crippen LogP contribution < -0.4 is 16.2 Å². The van der Waals surface area contributed by atoms with Gasteiger partial charge >= 0.3 is 0 Å². The fourth-order valence-corrected chi connectivity index (χ4v) is 1.34. The Kier molecular flexibility index (Phi) is 2.89. The number of aromatic nitrogens is 1. The molecule has 6 heteroatoms. The molecule has 1 aliphatic rings. The Morgan fingerprint density at radius 3 is 3.07 bits per heavy atom. The molecule has 1 aromatic heterocycles. The molecule has 1 fully saturated rings. The zero-order valence-corrected chi connectivity index (χ0v) is 7.96. The highest BCUT2D eigenvalue weighted by Gasteiger charge is 2.21. The predicted molar refractivity (Wildman–Crippen MR) is 52.4 cm³/mol. The van der Waals surface area contributed by atoms with Crippen molar-refractivity contribution < 1.29 is 9.18 Å². The van der Waals surface area contributed by atoms with E-state index in [1.807, 2.05) is 0 Å². The molecule has 2 heterocycles. The van der Waals surface area contributed by atoms with E-state index in [1.54, 1.807) is 0 Å². The molecule has 1 saturated heterocycles. The summed E-state index contributed by atoms with van der Waals surface area (Å²) in [7, 11) is 0. The number of rotatable bonds is 2. The number of carbonyl (C=O) groups excluding carboxylic acids is 1. The zero-order chi connectivity index (χ0) is 10.7. The number of amides is 1. The topological polar surface area (TPSA) is 66.0 Å².